The molecule has 1 aliphatic heterocycles. The predicted octanol–water partition coefficient (Wildman–Crippen LogP) is 4.64. The standard InChI is InChI=1S/C22H23FN4S/c1-15(2)14-27-21(20(25-22(27)28)18-6-3-4-12-24-18)19-7-5-13-26(19)17-10-8-16(23)9-11-17/h3-13,15,20-21H,14H2,1-2H3,(H,25,28)/t20-,21-/m0/s1. The fraction of sp³-hybridized carbons (Fsp3) is 0.273. The van der Waals surface area contributed by atoms with E-state index < -0.39 is 0 Å². The Labute approximate surface area is 170 Å². The van der Waals surface area contributed by atoms with E-state index in [4.69, 9.17) is 12.2 Å². The van der Waals surface area contributed by atoms with Crippen LogP contribution in [0.3, 0.4) is 0 Å². The topological polar surface area (TPSA) is 33.1 Å². The van der Waals surface area contributed by atoms with Crippen LogP contribution in [0.15, 0.2) is 67.0 Å². The molecule has 1 saturated heterocycles. The zero-order chi connectivity index (χ0) is 19.7. The van der Waals surface area contributed by atoms with E-state index in [0.717, 1.165) is 28.7 Å². The number of nitrogens with one attached hydrogen (secondary N) is 1. The molecule has 1 fully saturated rings. The van der Waals surface area contributed by atoms with Crippen molar-refractivity contribution >= 4 is 17.3 Å². The molecule has 144 valence electrons. The molecule has 1 N–H and O–H groups in total. The van der Waals surface area contributed by atoms with Crippen LogP contribution in [0.1, 0.15) is 37.3 Å². The Bertz CT molecular complexity index is 952. The lowest BCUT2D eigenvalue weighted by molar-refractivity contribution is 0.280. The summed E-state index contributed by atoms with van der Waals surface area (Å²) in [5.41, 5.74) is 2.96. The molecule has 0 saturated carbocycles. The molecule has 3 heterocycles. The number of nitrogens with zero attached hydrogens (tertiary/aromatic N) is 3. The van der Waals surface area contributed by atoms with Gasteiger partial charge in [0.1, 0.15) is 5.82 Å². The highest BCUT2D eigenvalue weighted by Crippen LogP contribution is 2.39. The molecule has 6 heteroatoms. The minimum Gasteiger partial charge on any atom is -0.352 e. The first kappa shape index (κ1) is 18.6. The summed E-state index contributed by atoms with van der Waals surface area (Å²) in [5.74, 6) is 0.216. The Kier molecular flexibility index (Phi) is 5.13. The van der Waals surface area contributed by atoms with Gasteiger partial charge in [-0.25, -0.2) is 4.39 Å². The monoisotopic (exact) mass is 394 g/mol. The Balaban J connectivity index is 1.80. The maximum atomic E-state index is 13.4. The molecule has 2 aromatic heterocycles. The summed E-state index contributed by atoms with van der Waals surface area (Å²) in [6.45, 7) is 5.22. The van der Waals surface area contributed by atoms with Gasteiger partial charge in [0.25, 0.3) is 0 Å². The number of pyridine rings is 1. The van der Waals surface area contributed by atoms with Crippen molar-refractivity contribution in [3.05, 3.63) is 84.2 Å². The van der Waals surface area contributed by atoms with E-state index in [1.165, 1.54) is 12.1 Å². The third kappa shape index (κ3) is 3.52. The number of hydrogen-bond acceptors (Lipinski definition) is 2. The Morgan fingerprint density at radius 2 is 1.89 bits per heavy atom. The van der Waals surface area contributed by atoms with Crippen LogP contribution in [-0.2, 0) is 0 Å². The number of benzene rings is 1. The highest BCUT2D eigenvalue weighted by Gasteiger charge is 2.41. The lowest BCUT2D eigenvalue weighted by Gasteiger charge is -2.30. The highest BCUT2D eigenvalue weighted by molar-refractivity contribution is 7.80. The number of thiocarbonyl (C=S) groups is 1. The average Bonchev–Trinajstić information content (AvgIpc) is 3.28. The van der Waals surface area contributed by atoms with Gasteiger partial charge >= 0.3 is 0 Å². The lowest BCUT2D eigenvalue weighted by atomic mass is 10.0. The summed E-state index contributed by atoms with van der Waals surface area (Å²) >= 11 is 5.69. The molecule has 28 heavy (non-hydrogen) atoms. The van der Waals surface area contributed by atoms with Gasteiger partial charge in [-0.2, -0.15) is 0 Å². The van der Waals surface area contributed by atoms with Gasteiger partial charge in [0.15, 0.2) is 5.11 Å². The summed E-state index contributed by atoms with van der Waals surface area (Å²) < 4.78 is 15.5. The van der Waals surface area contributed by atoms with Gasteiger partial charge in [0.2, 0.25) is 0 Å². The van der Waals surface area contributed by atoms with Crippen molar-refractivity contribution in [1.29, 1.82) is 0 Å². The molecule has 0 aliphatic carbocycles. The van der Waals surface area contributed by atoms with Gasteiger partial charge in [0, 0.05) is 30.3 Å². The summed E-state index contributed by atoms with van der Waals surface area (Å²) in [5, 5.41) is 4.21. The minimum atomic E-state index is -0.242. The molecular weight excluding hydrogens is 371 g/mol. The summed E-state index contributed by atoms with van der Waals surface area (Å²) in [6.07, 6.45) is 3.81. The first-order valence-corrected chi connectivity index (χ1v) is 9.86. The quantitative estimate of drug-likeness (QED) is 0.639. The molecule has 0 amide bonds. The van der Waals surface area contributed by atoms with E-state index in [0.29, 0.717) is 5.92 Å². The van der Waals surface area contributed by atoms with Gasteiger partial charge in [0.05, 0.1) is 17.8 Å². The van der Waals surface area contributed by atoms with Crippen molar-refractivity contribution in [3.8, 4) is 5.69 Å². The largest absolute Gasteiger partial charge is 0.352 e. The Morgan fingerprint density at radius 3 is 2.57 bits per heavy atom. The fourth-order valence-electron chi connectivity index (χ4n) is 3.79. The van der Waals surface area contributed by atoms with Gasteiger partial charge in [-0.1, -0.05) is 19.9 Å². The molecule has 4 rings (SSSR count). The second-order valence-electron chi connectivity index (χ2n) is 7.45. The highest BCUT2D eigenvalue weighted by atomic mass is 32.1. The first-order valence-electron chi connectivity index (χ1n) is 9.46. The zero-order valence-corrected chi connectivity index (χ0v) is 16.7. The van der Waals surface area contributed by atoms with Crippen molar-refractivity contribution in [2.75, 3.05) is 6.54 Å². The third-order valence-electron chi connectivity index (χ3n) is 4.95. The molecule has 4 nitrogen and oxygen atoms in total. The number of hydrogen-bond donors (Lipinski definition) is 1. The summed E-state index contributed by atoms with van der Waals surface area (Å²) in [4.78, 5) is 6.82. The average molecular weight is 395 g/mol. The van der Waals surface area contributed by atoms with Crippen LogP contribution in [0.25, 0.3) is 5.69 Å². The van der Waals surface area contributed by atoms with Gasteiger partial charge in [-0.05, 0) is 66.7 Å². The van der Waals surface area contributed by atoms with Crippen molar-refractivity contribution < 1.29 is 4.39 Å². The summed E-state index contributed by atoms with van der Waals surface area (Å²) in [7, 11) is 0. The number of aromatic nitrogens is 2. The Morgan fingerprint density at radius 1 is 1.11 bits per heavy atom. The molecule has 0 unspecified atom stereocenters. The molecule has 0 bridgehead atoms. The smallest absolute Gasteiger partial charge is 0.170 e. The minimum absolute atomic E-state index is 0.00940. The maximum absolute atomic E-state index is 13.4. The van der Waals surface area contributed by atoms with E-state index in [1.807, 2.05) is 30.5 Å². The van der Waals surface area contributed by atoms with Crippen LogP contribution >= 0.6 is 12.2 Å². The molecule has 3 aromatic rings. The predicted molar refractivity (Wildman–Crippen MR) is 113 cm³/mol. The van der Waals surface area contributed by atoms with Crippen LogP contribution < -0.4 is 5.32 Å². The van der Waals surface area contributed by atoms with Crippen LogP contribution in [-0.4, -0.2) is 26.1 Å². The summed E-state index contributed by atoms with van der Waals surface area (Å²) in [6, 6.07) is 16.5. The maximum Gasteiger partial charge on any atom is 0.170 e. The van der Waals surface area contributed by atoms with Gasteiger partial charge < -0.3 is 14.8 Å². The SMILES string of the molecule is CC(C)CN1C(=S)N[C@@H](c2ccccn2)[C@@H]1c1cccn1-c1ccc(F)cc1. The van der Waals surface area contributed by atoms with Crippen LogP contribution in [0.4, 0.5) is 4.39 Å². The molecule has 0 radical (unpaired) electrons. The second-order valence-corrected chi connectivity index (χ2v) is 7.84. The van der Waals surface area contributed by atoms with Crippen molar-refractivity contribution in [1.82, 2.24) is 19.8 Å². The fourth-order valence-corrected chi connectivity index (χ4v) is 4.10. The van der Waals surface area contributed by atoms with E-state index in [9.17, 15) is 4.39 Å². The first-order chi connectivity index (χ1) is 13.5. The molecule has 1 aromatic carbocycles. The number of rotatable bonds is 5. The lowest BCUT2D eigenvalue weighted by Crippen LogP contribution is -2.33. The second kappa shape index (κ2) is 7.72. The van der Waals surface area contributed by atoms with Gasteiger partial charge in [-0.3, -0.25) is 4.98 Å². The van der Waals surface area contributed by atoms with Crippen molar-refractivity contribution in [2.24, 2.45) is 5.92 Å². The van der Waals surface area contributed by atoms with Crippen molar-refractivity contribution in [3.63, 3.8) is 0 Å². The molecule has 2 atom stereocenters. The van der Waals surface area contributed by atoms with Crippen LogP contribution in [0, 0.1) is 11.7 Å². The number of halogens is 1. The Hall–Kier alpha value is -2.73. The van der Waals surface area contributed by atoms with E-state index in [1.54, 1.807) is 18.3 Å². The van der Waals surface area contributed by atoms with Crippen LogP contribution in [0.2, 0.25) is 0 Å². The molecule has 1 aliphatic rings. The van der Waals surface area contributed by atoms with Crippen molar-refractivity contribution in [2.45, 2.75) is 25.9 Å². The molecular formula is C22H23FN4S. The van der Waals surface area contributed by atoms with E-state index in [-0.39, 0.29) is 17.9 Å². The van der Waals surface area contributed by atoms with Crippen LogP contribution in [0.5, 0.6) is 0 Å². The zero-order valence-electron chi connectivity index (χ0n) is 15.9. The third-order valence-corrected chi connectivity index (χ3v) is 5.30. The van der Waals surface area contributed by atoms with E-state index >= 15 is 0 Å². The van der Waals surface area contributed by atoms with Gasteiger partial charge in [-0.15, -0.1) is 0 Å². The van der Waals surface area contributed by atoms with E-state index in [2.05, 4.69) is 39.7 Å². The normalized spacial score (nSPS) is 19.3. The molecule has 0 spiro atoms.